The Balaban J connectivity index is 2.27. The van der Waals surface area contributed by atoms with Crippen LogP contribution in [0.15, 0.2) is 39.7 Å². The molecule has 6 heteroatoms. The van der Waals surface area contributed by atoms with E-state index in [-0.39, 0.29) is 17.4 Å². The molecule has 0 saturated heterocycles. The minimum atomic E-state index is -0.285. The molecular weight excluding hydrogens is 313 g/mol. The molecule has 0 saturated carbocycles. The number of aryl methyl sites for hydroxylation is 1. The number of anilines is 1. The first-order chi connectivity index (χ1) is 8.99. The van der Waals surface area contributed by atoms with Gasteiger partial charge in [0, 0.05) is 13.1 Å². The molecular formula is C13H13BrFN3O. The Morgan fingerprint density at radius 3 is 2.89 bits per heavy atom. The first-order valence-electron chi connectivity index (χ1n) is 5.73. The minimum absolute atomic E-state index is 0.138. The maximum Gasteiger partial charge on any atom is 0.282 e. The zero-order valence-electron chi connectivity index (χ0n) is 10.5. The molecule has 1 aromatic carbocycles. The summed E-state index contributed by atoms with van der Waals surface area (Å²) in [6.07, 6.45) is 1.56. The van der Waals surface area contributed by atoms with E-state index in [2.05, 4.69) is 26.3 Å². The van der Waals surface area contributed by atoms with Crippen LogP contribution >= 0.6 is 15.9 Å². The van der Waals surface area contributed by atoms with Crippen molar-refractivity contribution in [1.29, 1.82) is 0 Å². The third kappa shape index (κ3) is 3.01. The fourth-order valence-corrected chi connectivity index (χ4v) is 2.18. The van der Waals surface area contributed by atoms with Gasteiger partial charge in [0.15, 0.2) is 0 Å². The molecule has 2 rings (SSSR count). The zero-order chi connectivity index (χ0) is 14.0. The highest BCUT2D eigenvalue weighted by Gasteiger charge is 2.11. The van der Waals surface area contributed by atoms with Gasteiger partial charge in [-0.15, -0.1) is 0 Å². The number of nitrogens with one attached hydrogen (secondary N) is 1. The van der Waals surface area contributed by atoms with Gasteiger partial charge in [0.1, 0.15) is 10.3 Å². The number of nitrogens with zero attached hydrogens (tertiary/aromatic N) is 2. The van der Waals surface area contributed by atoms with Gasteiger partial charge in [-0.1, -0.05) is 12.1 Å². The second-order valence-electron chi connectivity index (χ2n) is 4.22. The lowest BCUT2D eigenvalue weighted by Gasteiger charge is -2.16. The van der Waals surface area contributed by atoms with Crippen LogP contribution in [-0.2, 0) is 7.05 Å². The van der Waals surface area contributed by atoms with Crippen molar-refractivity contribution in [3.05, 3.63) is 56.7 Å². The van der Waals surface area contributed by atoms with E-state index < -0.39 is 0 Å². The van der Waals surface area contributed by atoms with Crippen LogP contribution in [0.25, 0.3) is 0 Å². The SMILES string of the molecule is CC(Nc1cnn(C)c(=O)c1Br)c1cccc(F)c1. The Kier molecular flexibility index (Phi) is 3.99. The smallest absolute Gasteiger partial charge is 0.282 e. The Morgan fingerprint density at radius 2 is 2.21 bits per heavy atom. The van der Waals surface area contributed by atoms with Crippen LogP contribution in [0.2, 0.25) is 0 Å². The zero-order valence-corrected chi connectivity index (χ0v) is 12.1. The van der Waals surface area contributed by atoms with E-state index in [1.807, 2.05) is 13.0 Å². The third-order valence-corrected chi connectivity index (χ3v) is 3.57. The van der Waals surface area contributed by atoms with E-state index in [9.17, 15) is 9.18 Å². The average molecular weight is 326 g/mol. The summed E-state index contributed by atoms with van der Waals surface area (Å²) in [6.45, 7) is 1.89. The van der Waals surface area contributed by atoms with E-state index in [1.54, 1.807) is 19.3 Å². The molecule has 1 atom stereocenters. The predicted molar refractivity (Wildman–Crippen MR) is 75.6 cm³/mol. The molecule has 0 spiro atoms. The van der Waals surface area contributed by atoms with Gasteiger partial charge in [0.2, 0.25) is 0 Å². The molecule has 2 aromatic rings. The molecule has 19 heavy (non-hydrogen) atoms. The Hall–Kier alpha value is -1.69. The Bertz CT molecular complexity index is 657. The molecule has 0 fully saturated rings. The summed E-state index contributed by atoms with van der Waals surface area (Å²) in [5.41, 5.74) is 1.16. The molecule has 0 aliphatic carbocycles. The van der Waals surface area contributed by atoms with Gasteiger partial charge in [0.05, 0.1) is 11.9 Å². The van der Waals surface area contributed by atoms with Crippen LogP contribution in [0.3, 0.4) is 0 Å². The van der Waals surface area contributed by atoms with Crippen LogP contribution < -0.4 is 10.9 Å². The van der Waals surface area contributed by atoms with Crippen LogP contribution in [0, 0.1) is 5.82 Å². The Labute approximate surface area is 118 Å². The third-order valence-electron chi connectivity index (χ3n) is 2.80. The summed E-state index contributed by atoms with van der Waals surface area (Å²) in [5.74, 6) is -0.285. The lowest BCUT2D eigenvalue weighted by Crippen LogP contribution is -2.22. The molecule has 1 N–H and O–H groups in total. The number of halogens is 2. The van der Waals surface area contributed by atoms with Crippen molar-refractivity contribution >= 4 is 21.6 Å². The lowest BCUT2D eigenvalue weighted by molar-refractivity contribution is 0.623. The van der Waals surface area contributed by atoms with Gasteiger partial charge >= 0.3 is 0 Å². The van der Waals surface area contributed by atoms with Crippen molar-refractivity contribution in [1.82, 2.24) is 9.78 Å². The van der Waals surface area contributed by atoms with Crippen molar-refractivity contribution in [2.45, 2.75) is 13.0 Å². The van der Waals surface area contributed by atoms with Gasteiger partial charge in [-0.3, -0.25) is 4.79 Å². The number of aromatic nitrogens is 2. The van der Waals surface area contributed by atoms with E-state index in [4.69, 9.17) is 0 Å². The lowest BCUT2D eigenvalue weighted by atomic mass is 10.1. The maximum absolute atomic E-state index is 13.2. The molecule has 0 bridgehead atoms. The van der Waals surface area contributed by atoms with E-state index in [1.165, 1.54) is 16.8 Å². The van der Waals surface area contributed by atoms with Crippen molar-refractivity contribution in [3.63, 3.8) is 0 Å². The van der Waals surface area contributed by atoms with E-state index in [0.29, 0.717) is 10.2 Å². The molecule has 0 aliphatic rings. The number of hydrogen-bond donors (Lipinski definition) is 1. The van der Waals surface area contributed by atoms with E-state index >= 15 is 0 Å². The maximum atomic E-state index is 13.2. The summed E-state index contributed by atoms with van der Waals surface area (Å²) >= 11 is 3.24. The standard InChI is InChI=1S/C13H13BrFN3O/c1-8(9-4-3-5-10(15)6-9)17-11-7-16-18(2)13(19)12(11)14/h3-8,17H,1-2H3. The van der Waals surface area contributed by atoms with Gasteiger partial charge in [-0.25, -0.2) is 9.07 Å². The number of benzene rings is 1. The number of hydrogen-bond acceptors (Lipinski definition) is 3. The summed E-state index contributed by atoms with van der Waals surface area (Å²) in [5, 5.41) is 7.07. The van der Waals surface area contributed by atoms with Gasteiger partial charge in [-0.2, -0.15) is 5.10 Å². The molecule has 0 aliphatic heterocycles. The first-order valence-corrected chi connectivity index (χ1v) is 6.52. The predicted octanol–water partition coefficient (Wildman–Crippen LogP) is 2.86. The fraction of sp³-hybridized carbons (Fsp3) is 0.231. The van der Waals surface area contributed by atoms with Crippen LogP contribution in [0.5, 0.6) is 0 Å². The normalized spacial score (nSPS) is 12.2. The second-order valence-corrected chi connectivity index (χ2v) is 5.02. The monoisotopic (exact) mass is 325 g/mol. The highest BCUT2D eigenvalue weighted by molar-refractivity contribution is 9.10. The van der Waals surface area contributed by atoms with Crippen LogP contribution in [-0.4, -0.2) is 9.78 Å². The van der Waals surface area contributed by atoms with Gasteiger partial charge in [0.25, 0.3) is 5.56 Å². The molecule has 0 radical (unpaired) electrons. The fourth-order valence-electron chi connectivity index (χ4n) is 1.70. The van der Waals surface area contributed by atoms with Crippen molar-refractivity contribution < 1.29 is 4.39 Å². The largest absolute Gasteiger partial charge is 0.376 e. The van der Waals surface area contributed by atoms with Crippen molar-refractivity contribution in [3.8, 4) is 0 Å². The average Bonchev–Trinajstić information content (AvgIpc) is 2.39. The highest BCUT2D eigenvalue weighted by atomic mass is 79.9. The molecule has 1 aromatic heterocycles. The quantitative estimate of drug-likeness (QED) is 0.943. The molecule has 100 valence electrons. The minimum Gasteiger partial charge on any atom is -0.376 e. The summed E-state index contributed by atoms with van der Waals surface area (Å²) in [4.78, 5) is 11.7. The van der Waals surface area contributed by atoms with Gasteiger partial charge in [-0.05, 0) is 40.5 Å². The van der Waals surface area contributed by atoms with Crippen molar-refractivity contribution in [2.75, 3.05) is 5.32 Å². The molecule has 1 unspecified atom stereocenters. The van der Waals surface area contributed by atoms with Crippen LogP contribution in [0.4, 0.5) is 10.1 Å². The van der Waals surface area contributed by atoms with Gasteiger partial charge < -0.3 is 5.32 Å². The molecule has 0 amide bonds. The van der Waals surface area contributed by atoms with Crippen molar-refractivity contribution in [2.24, 2.45) is 7.05 Å². The summed E-state index contributed by atoms with van der Waals surface area (Å²) < 4.78 is 14.8. The topological polar surface area (TPSA) is 46.9 Å². The Morgan fingerprint density at radius 1 is 1.47 bits per heavy atom. The second kappa shape index (κ2) is 5.52. The number of rotatable bonds is 3. The van der Waals surface area contributed by atoms with E-state index in [0.717, 1.165) is 5.56 Å². The molecule has 1 heterocycles. The summed E-state index contributed by atoms with van der Waals surface area (Å²) in [6, 6.07) is 6.19. The summed E-state index contributed by atoms with van der Waals surface area (Å²) in [7, 11) is 1.58. The van der Waals surface area contributed by atoms with Crippen LogP contribution in [0.1, 0.15) is 18.5 Å². The molecule has 4 nitrogen and oxygen atoms in total. The highest BCUT2D eigenvalue weighted by Crippen LogP contribution is 2.23. The first kappa shape index (κ1) is 13.7.